The van der Waals surface area contributed by atoms with Gasteiger partial charge in [0, 0.05) is 24.9 Å². The number of aromatic nitrogens is 2. The fraction of sp³-hybridized carbons (Fsp3) is 0.385. The van der Waals surface area contributed by atoms with Crippen molar-refractivity contribution in [1.29, 1.82) is 0 Å². The molecule has 2 rings (SSSR count). The summed E-state index contributed by atoms with van der Waals surface area (Å²) >= 11 is 0. The smallest absolute Gasteiger partial charge is 0.222 e. The van der Waals surface area contributed by atoms with Crippen LogP contribution in [0.4, 0.5) is 5.95 Å². The summed E-state index contributed by atoms with van der Waals surface area (Å²) in [6, 6.07) is 4.23. The van der Waals surface area contributed by atoms with E-state index >= 15 is 0 Å². The number of nitrogens with zero attached hydrogens (tertiary/aromatic N) is 2. The topological polar surface area (TPSA) is 51.0 Å². The monoisotopic (exact) mass is 231 g/mol. The Bertz CT molecular complexity index is 436. The molecule has 90 valence electrons. The fourth-order valence-electron chi connectivity index (χ4n) is 1.57. The van der Waals surface area contributed by atoms with Gasteiger partial charge in [-0.15, -0.1) is 0 Å². The molecule has 0 aliphatic heterocycles. The highest BCUT2D eigenvalue weighted by Crippen LogP contribution is 2.08. The molecule has 0 spiro atoms. The minimum atomic E-state index is 0.322. The molecule has 0 aliphatic carbocycles. The largest absolute Gasteiger partial charge is 0.469 e. The summed E-state index contributed by atoms with van der Waals surface area (Å²) in [4.78, 5) is 8.44. The van der Waals surface area contributed by atoms with Crippen molar-refractivity contribution >= 4 is 5.95 Å². The first-order valence-electron chi connectivity index (χ1n) is 5.81. The van der Waals surface area contributed by atoms with Gasteiger partial charge in [-0.1, -0.05) is 0 Å². The van der Waals surface area contributed by atoms with Gasteiger partial charge >= 0.3 is 0 Å². The molecule has 0 aromatic carbocycles. The van der Waals surface area contributed by atoms with E-state index in [0.29, 0.717) is 12.0 Å². The van der Waals surface area contributed by atoms with Crippen LogP contribution in [0.3, 0.4) is 0 Å². The SMILES string of the molecule is Cc1cnc(NC(C)CCc2ccco2)nc1. The van der Waals surface area contributed by atoms with E-state index < -0.39 is 0 Å². The van der Waals surface area contributed by atoms with E-state index in [4.69, 9.17) is 4.42 Å². The zero-order valence-corrected chi connectivity index (χ0v) is 10.2. The van der Waals surface area contributed by atoms with Crippen LogP contribution in [0.25, 0.3) is 0 Å². The summed E-state index contributed by atoms with van der Waals surface area (Å²) in [6.07, 6.45) is 7.25. The molecule has 2 aromatic heterocycles. The van der Waals surface area contributed by atoms with E-state index in [1.807, 2.05) is 31.5 Å². The second kappa shape index (κ2) is 5.48. The molecule has 4 nitrogen and oxygen atoms in total. The summed E-state index contributed by atoms with van der Waals surface area (Å²) in [5.74, 6) is 1.70. The molecule has 1 atom stereocenters. The summed E-state index contributed by atoms with van der Waals surface area (Å²) in [5, 5.41) is 3.27. The van der Waals surface area contributed by atoms with Crippen molar-refractivity contribution in [2.45, 2.75) is 32.7 Å². The van der Waals surface area contributed by atoms with Gasteiger partial charge in [0.1, 0.15) is 5.76 Å². The maximum Gasteiger partial charge on any atom is 0.222 e. The predicted molar refractivity (Wildman–Crippen MR) is 66.9 cm³/mol. The van der Waals surface area contributed by atoms with Crippen LogP contribution in [0.5, 0.6) is 0 Å². The van der Waals surface area contributed by atoms with Gasteiger partial charge in [0.25, 0.3) is 0 Å². The van der Waals surface area contributed by atoms with Crippen LogP contribution in [0.15, 0.2) is 35.2 Å². The second-order valence-corrected chi connectivity index (χ2v) is 4.25. The molecule has 2 aromatic rings. The molecule has 0 radical (unpaired) electrons. The van der Waals surface area contributed by atoms with Gasteiger partial charge in [0.05, 0.1) is 6.26 Å². The van der Waals surface area contributed by atoms with Crippen LogP contribution in [0, 0.1) is 6.92 Å². The van der Waals surface area contributed by atoms with Crippen molar-refractivity contribution in [2.75, 3.05) is 5.32 Å². The number of nitrogens with one attached hydrogen (secondary N) is 1. The van der Waals surface area contributed by atoms with E-state index in [0.717, 1.165) is 24.2 Å². The number of hydrogen-bond donors (Lipinski definition) is 1. The molecule has 0 saturated carbocycles. The quantitative estimate of drug-likeness (QED) is 0.859. The van der Waals surface area contributed by atoms with Crippen LogP contribution in [0.1, 0.15) is 24.7 Å². The highest BCUT2D eigenvalue weighted by atomic mass is 16.3. The molecule has 0 bridgehead atoms. The van der Waals surface area contributed by atoms with Crippen LogP contribution in [0.2, 0.25) is 0 Å². The van der Waals surface area contributed by atoms with Gasteiger partial charge in [0.15, 0.2) is 0 Å². The van der Waals surface area contributed by atoms with Gasteiger partial charge in [0.2, 0.25) is 5.95 Å². The molecule has 1 unspecified atom stereocenters. The van der Waals surface area contributed by atoms with Gasteiger partial charge in [-0.05, 0) is 38.0 Å². The van der Waals surface area contributed by atoms with E-state index in [1.165, 1.54) is 0 Å². The molecular formula is C13H17N3O. The van der Waals surface area contributed by atoms with Crippen LogP contribution >= 0.6 is 0 Å². The highest BCUT2D eigenvalue weighted by Gasteiger charge is 2.05. The van der Waals surface area contributed by atoms with Crippen LogP contribution < -0.4 is 5.32 Å². The van der Waals surface area contributed by atoms with Crippen molar-refractivity contribution in [1.82, 2.24) is 9.97 Å². The number of furan rings is 1. The summed E-state index contributed by atoms with van der Waals surface area (Å²) < 4.78 is 5.29. The van der Waals surface area contributed by atoms with Gasteiger partial charge in [-0.25, -0.2) is 9.97 Å². The molecule has 17 heavy (non-hydrogen) atoms. The first kappa shape index (κ1) is 11.6. The lowest BCUT2D eigenvalue weighted by atomic mass is 10.1. The average Bonchev–Trinajstić information content (AvgIpc) is 2.83. The number of aryl methyl sites for hydroxylation is 2. The summed E-state index contributed by atoms with van der Waals surface area (Å²) in [5.41, 5.74) is 1.07. The molecule has 0 amide bonds. The predicted octanol–water partition coefficient (Wildman–Crippen LogP) is 2.81. The van der Waals surface area contributed by atoms with Gasteiger partial charge in [-0.3, -0.25) is 0 Å². The Kier molecular flexibility index (Phi) is 3.75. The normalized spacial score (nSPS) is 12.4. The van der Waals surface area contributed by atoms with Crippen molar-refractivity contribution in [3.05, 3.63) is 42.1 Å². The lowest BCUT2D eigenvalue weighted by Crippen LogP contribution is -2.17. The highest BCUT2D eigenvalue weighted by molar-refractivity contribution is 5.25. The summed E-state index contributed by atoms with van der Waals surface area (Å²) in [6.45, 7) is 4.09. The zero-order chi connectivity index (χ0) is 12.1. The third kappa shape index (κ3) is 3.59. The molecule has 4 heteroatoms. The third-order valence-electron chi connectivity index (χ3n) is 2.56. The van der Waals surface area contributed by atoms with Crippen LogP contribution in [-0.2, 0) is 6.42 Å². The Labute approximate surface area is 101 Å². The number of rotatable bonds is 5. The fourth-order valence-corrected chi connectivity index (χ4v) is 1.57. The molecule has 2 heterocycles. The van der Waals surface area contributed by atoms with Crippen molar-refractivity contribution in [3.63, 3.8) is 0 Å². The Morgan fingerprint density at radius 1 is 1.35 bits per heavy atom. The Morgan fingerprint density at radius 2 is 2.12 bits per heavy atom. The first-order chi connectivity index (χ1) is 8.24. The minimum Gasteiger partial charge on any atom is -0.469 e. The van der Waals surface area contributed by atoms with Crippen LogP contribution in [-0.4, -0.2) is 16.0 Å². The van der Waals surface area contributed by atoms with E-state index in [-0.39, 0.29) is 0 Å². The Balaban J connectivity index is 1.80. The number of anilines is 1. The van der Waals surface area contributed by atoms with E-state index in [1.54, 1.807) is 6.26 Å². The van der Waals surface area contributed by atoms with E-state index in [9.17, 15) is 0 Å². The zero-order valence-electron chi connectivity index (χ0n) is 10.2. The second-order valence-electron chi connectivity index (χ2n) is 4.25. The first-order valence-corrected chi connectivity index (χ1v) is 5.81. The van der Waals surface area contributed by atoms with Gasteiger partial charge < -0.3 is 9.73 Å². The average molecular weight is 231 g/mol. The lowest BCUT2D eigenvalue weighted by molar-refractivity contribution is 0.494. The molecule has 0 fully saturated rings. The molecular weight excluding hydrogens is 214 g/mol. The lowest BCUT2D eigenvalue weighted by Gasteiger charge is -2.12. The van der Waals surface area contributed by atoms with Gasteiger partial charge in [-0.2, -0.15) is 0 Å². The standard InChI is InChI=1S/C13H17N3O/c1-10-8-14-13(15-9-10)16-11(2)5-6-12-4-3-7-17-12/h3-4,7-9,11H,5-6H2,1-2H3,(H,14,15,16). The summed E-state index contributed by atoms with van der Waals surface area (Å²) in [7, 11) is 0. The Morgan fingerprint density at radius 3 is 2.76 bits per heavy atom. The van der Waals surface area contributed by atoms with Crippen molar-refractivity contribution in [3.8, 4) is 0 Å². The maximum absolute atomic E-state index is 5.29. The molecule has 0 saturated heterocycles. The number of hydrogen-bond acceptors (Lipinski definition) is 4. The Hall–Kier alpha value is -1.84. The third-order valence-corrected chi connectivity index (χ3v) is 2.56. The molecule has 1 N–H and O–H groups in total. The van der Waals surface area contributed by atoms with Crippen molar-refractivity contribution < 1.29 is 4.42 Å². The minimum absolute atomic E-state index is 0.322. The molecule has 0 aliphatic rings. The van der Waals surface area contributed by atoms with Crippen molar-refractivity contribution in [2.24, 2.45) is 0 Å². The maximum atomic E-state index is 5.29. The van der Waals surface area contributed by atoms with E-state index in [2.05, 4.69) is 22.2 Å².